The zero-order valence-corrected chi connectivity index (χ0v) is 16.8. The molecule has 154 valence electrons. The molecule has 5 aromatic rings. The fraction of sp³-hybridized carbons (Fsp3) is 0.174. The average Bonchev–Trinajstić information content (AvgIpc) is 3.43. The van der Waals surface area contributed by atoms with Crippen LogP contribution in [0.1, 0.15) is 0 Å². The lowest BCUT2D eigenvalue weighted by atomic mass is 10.0. The number of ether oxygens (including phenoxy) is 1. The van der Waals surface area contributed by atoms with Crippen molar-refractivity contribution in [2.45, 2.75) is 0 Å². The number of fused-ring (bicyclic) bond motifs is 2. The standard InChI is InChI=1S/C23H21N7O/c24-22-18-11-14(1-3-19(18)28-29-22)16-5-6-25-23-17(16)12-20(27-23)15-2-4-21(26-13-15)30-7-9-31-10-8-30/h1-6,11-13H,7-10H2,(H,25,27)(H3,24,28,29). The van der Waals surface area contributed by atoms with E-state index in [1.165, 1.54) is 0 Å². The van der Waals surface area contributed by atoms with Crippen molar-refractivity contribution in [1.82, 2.24) is 25.1 Å². The van der Waals surface area contributed by atoms with E-state index in [1.807, 2.05) is 24.5 Å². The van der Waals surface area contributed by atoms with Gasteiger partial charge in [0.2, 0.25) is 0 Å². The minimum absolute atomic E-state index is 0.503. The molecule has 0 spiro atoms. The van der Waals surface area contributed by atoms with E-state index in [0.717, 1.165) is 76.4 Å². The van der Waals surface area contributed by atoms with Gasteiger partial charge in [0, 0.05) is 47.5 Å². The monoisotopic (exact) mass is 411 g/mol. The molecule has 0 saturated carbocycles. The Morgan fingerprint density at radius 2 is 1.81 bits per heavy atom. The predicted molar refractivity (Wildman–Crippen MR) is 122 cm³/mol. The number of aromatic amines is 2. The van der Waals surface area contributed by atoms with Crippen LogP contribution in [0.4, 0.5) is 11.6 Å². The minimum Gasteiger partial charge on any atom is -0.382 e. The van der Waals surface area contributed by atoms with E-state index in [4.69, 9.17) is 10.5 Å². The first-order valence-corrected chi connectivity index (χ1v) is 10.3. The first kappa shape index (κ1) is 17.9. The molecule has 0 bridgehead atoms. The van der Waals surface area contributed by atoms with Gasteiger partial charge in [-0.1, -0.05) is 6.07 Å². The molecule has 0 aliphatic carbocycles. The molecule has 4 aromatic heterocycles. The predicted octanol–water partition coefficient (Wildman–Crippen LogP) is 3.59. The maximum Gasteiger partial charge on any atom is 0.153 e. The van der Waals surface area contributed by atoms with Crippen LogP contribution in [0.15, 0.2) is 54.9 Å². The van der Waals surface area contributed by atoms with Crippen LogP contribution in [0.25, 0.3) is 44.3 Å². The van der Waals surface area contributed by atoms with Gasteiger partial charge in [-0.3, -0.25) is 5.10 Å². The van der Waals surface area contributed by atoms with Crippen molar-refractivity contribution < 1.29 is 4.74 Å². The lowest BCUT2D eigenvalue weighted by Crippen LogP contribution is -2.36. The third-order valence-electron chi connectivity index (χ3n) is 5.83. The molecule has 1 saturated heterocycles. The van der Waals surface area contributed by atoms with Crippen LogP contribution in [0.2, 0.25) is 0 Å². The zero-order chi connectivity index (χ0) is 20.8. The Hall–Kier alpha value is -3.91. The SMILES string of the molecule is Nc1n[nH]c2ccc(-c3ccnc4[nH]c(-c5ccc(N6CCOCC6)nc5)cc34)cc12. The van der Waals surface area contributed by atoms with Crippen molar-refractivity contribution in [3.8, 4) is 22.4 Å². The number of hydrogen-bond acceptors (Lipinski definition) is 6. The third-order valence-corrected chi connectivity index (χ3v) is 5.83. The van der Waals surface area contributed by atoms with Crippen molar-refractivity contribution in [2.75, 3.05) is 36.9 Å². The number of pyridine rings is 2. The quantitative estimate of drug-likeness (QED) is 0.419. The molecular weight excluding hydrogens is 390 g/mol. The van der Waals surface area contributed by atoms with Crippen LogP contribution in [0.3, 0.4) is 0 Å². The molecule has 0 unspecified atom stereocenters. The topological polar surface area (TPSA) is 109 Å². The second kappa shape index (κ2) is 7.10. The summed E-state index contributed by atoms with van der Waals surface area (Å²) in [7, 11) is 0. The molecule has 6 rings (SSSR count). The fourth-order valence-corrected chi connectivity index (χ4v) is 4.16. The van der Waals surface area contributed by atoms with Crippen LogP contribution in [-0.2, 0) is 4.74 Å². The van der Waals surface area contributed by atoms with Gasteiger partial charge in [0.05, 0.1) is 18.7 Å². The first-order valence-electron chi connectivity index (χ1n) is 10.3. The summed E-state index contributed by atoms with van der Waals surface area (Å²) in [6, 6.07) is 14.5. The molecule has 5 heterocycles. The number of rotatable bonds is 3. The van der Waals surface area contributed by atoms with Gasteiger partial charge in [0.1, 0.15) is 11.5 Å². The lowest BCUT2D eigenvalue weighted by molar-refractivity contribution is 0.122. The van der Waals surface area contributed by atoms with Gasteiger partial charge in [-0.2, -0.15) is 5.10 Å². The van der Waals surface area contributed by atoms with Crippen molar-refractivity contribution in [2.24, 2.45) is 0 Å². The summed E-state index contributed by atoms with van der Waals surface area (Å²) in [4.78, 5) is 14.9. The number of aromatic nitrogens is 5. The molecule has 8 nitrogen and oxygen atoms in total. The summed E-state index contributed by atoms with van der Waals surface area (Å²) in [5.41, 5.74) is 11.9. The number of morpholine rings is 1. The fourth-order valence-electron chi connectivity index (χ4n) is 4.16. The normalized spacial score (nSPS) is 14.5. The van der Waals surface area contributed by atoms with Crippen LogP contribution in [0.5, 0.6) is 0 Å². The zero-order valence-electron chi connectivity index (χ0n) is 16.8. The lowest BCUT2D eigenvalue weighted by Gasteiger charge is -2.27. The molecule has 0 radical (unpaired) electrons. The molecule has 0 amide bonds. The molecule has 8 heteroatoms. The molecule has 31 heavy (non-hydrogen) atoms. The summed E-state index contributed by atoms with van der Waals surface area (Å²) < 4.78 is 5.43. The van der Waals surface area contributed by atoms with E-state index in [9.17, 15) is 0 Å². The highest BCUT2D eigenvalue weighted by Crippen LogP contribution is 2.33. The van der Waals surface area contributed by atoms with Crippen molar-refractivity contribution in [3.05, 3.63) is 54.9 Å². The van der Waals surface area contributed by atoms with E-state index in [2.05, 4.69) is 60.4 Å². The van der Waals surface area contributed by atoms with Crippen molar-refractivity contribution in [3.63, 3.8) is 0 Å². The van der Waals surface area contributed by atoms with Gasteiger partial charge in [0.15, 0.2) is 5.82 Å². The van der Waals surface area contributed by atoms with Crippen LogP contribution < -0.4 is 10.6 Å². The van der Waals surface area contributed by atoms with Gasteiger partial charge in [-0.05, 0) is 47.5 Å². The number of nitrogens with two attached hydrogens (primary N) is 1. The summed E-state index contributed by atoms with van der Waals surface area (Å²) in [6.45, 7) is 3.24. The Morgan fingerprint density at radius 3 is 2.65 bits per heavy atom. The summed E-state index contributed by atoms with van der Waals surface area (Å²) in [5, 5.41) is 9.01. The second-order valence-corrected chi connectivity index (χ2v) is 7.68. The number of H-pyrrole nitrogens is 2. The van der Waals surface area contributed by atoms with E-state index >= 15 is 0 Å². The Labute approximate surface area is 178 Å². The Bertz CT molecular complexity index is 1380. The Balaban J connectivity index is 1.38. The summed E-state index contributed by atoms with van der Waals surface area (Å²) in [5.74, 6) is 1.48. The summed E-state index contributed by atoms with van der Waals surface area (Å²) in [6.07, 6.45) is 3.73. The van der Waals surface area contributed by atoms with Gasteiger partial charge in [-0.15, -0.1) is 0 Å². The van der Waals surface area contributed by atoms with Gasteiger partial charge >= 0.3 is 0 Å². The highest BCUT2D eigenvalue weighted by atomic mass is 16.5. The maximum atomic E-state index is 6.00. The van der Waals surface area contributed by atoms with E-state index in [-0.39, 0.29) is 0 Å². The number of benzene rings is 1. The molecular formula is C23H21N7O. The Morgan fingerprint density at radius 1 is 0.935 bits per heavy atom. The molecule has 1 aromatic carbocycles. The highest BCUT2D eigenvalue weighted by molar-refractivity contribution is 5.99. The molecule has 4 N–H and O–H groups in total. The average molecular weight is 411 g/mol. The number of nitrogen functional groups attached to an aromatic ring is 1. The van der Waals surface area contributed by atoms with E-state index < -0.39 is 0 Å². The van der Waals surface area contributed by atoms with Crippen LogP contribution >= 0.6 is 0 Å². The maximum absolute atomic E-state index is 6.00. The number of hydrogen-bond donors (Lipinski definition) is 3. The van der Waals surface area contributed by atoms with Gasteiger partial charge < -0.3 is 20.4 Å². The number of nitrogens with one attached hydrogen (secondary N) is 2. The third kappa shape index (κ3) is 3.08. The van der Waals surface area contributed by atoms with Crippen molar-refractivity contribution >= 4 is 33.6 Å². The minimum atomic E-state index is 0.503. The van der Waals surface area contributed by atoms with E-state index in [1.54, 1.807) is 0 Å². The van der Waals surface area contributed by atoms with Crippen molar-refractivity contribution in [1.29, 1.82) is 0 Å². The molecule has 1 fully saturated rings. The smallest absolute Gasteiger partial charge is 0.153 e. The second-order valence-electron chi connectivity index (χ2n) is 7.68. The first-order chi connectivity index (χ1) is 15.3. The van der Waals surface area contributed by atoms with Crippen LogP contribution in [-0.4, -0.2) is 51.5 Å². The van der Waals surface area contributed by atoms with Gasteiger partial charge in [-0.25, -0.2) is 9.97 Å². The highest BCUT2D eigenvalue weighted by Gasteiger charge is 2.14. The largest absolute Gasteiger partial charge is 0.382 e. The number of nitrogens with zero attached hydrogens (tertiary/aromatic N) is 4. The molecule has 0 atom stereocenters. The molecule has 1 aliphatic rings. The van der Waals surface area contributed by atoms with Gasteiger partial charge in [0.25, 0.3) is 0 Å². The van der Waals surface area contributed by atoms with E-state index in [0.29, 0.717) is 5.82 Å². The number of anilines is 2. The van der Waals surface area contributed by atoms with Crippen LogP contribution in [0, 0.1) is 0 Å². The molecule has 1 aliphatic heterocycles. The Kier molecular flexibility index (Phi) is 4.10. The summed E-state index contributed by atoms with van der Waals surface area (Å²) >= 11 is 0.